The third-order valence-corrected chi connectivity index (χ3v) is 3.39. The minimum absolute atomic E-state index is 0.0204. The number of carbonyl (C=O) groups is 1. The summed E-state index contributed by atoms with van der Waals surface area (Å²) >= 11 is 5.86. The van der Waals surface area contributed by atoms with Crippen molar-refractivity contribution >= 4 is 23.2 Å². The maximum atomic E-state index is 12.3. The number of nitrogens with zero attached hydrogens (tertiary/aromatic N) is 3. The first kappa shape index (κ1) is 11.3. The molecule has 0 bridgehead atoms. The summed E-state index contributed by atoms with van der Waals surface area (Å²) in [6.07, 6.45) is 1.66. The van der Waals surface area contributed by atoms with Crippen LogP contribution in [0, 0.1) is 0 Å². The molecule has 1 aliphatic heterocycles. The summed E-state index contributed by atoms with van der Waals surface area (Å²) in [6.45, 7) is 2.67. The Morgan fingerprint density at radius 1 is 1.28 bits per heavy atom. The van der Waals surface area contributed by atoms with Crippen LogP contribution in [0.25, 0.3) is 0 Å². The molecule has 3 rings (SSSR count). The summed E-state index contributed by atoms with van der Waals surface area (Å²) in [5.41, 5.74) is 1.49. The second-order valence-electron chi connectivity index (χ2n) is 4.40. The smallest absolute Gasteiger partial charge is 0.276 e. The molecule has 0 radical (unpaired) electrons. The first-order chi connectivity index (χ1) is 8.66. The van der Waals surface area contributed by atoms with E-state index in [4.69, 9.17) is 11.6 Å². The van der Waals surface area contributed by atoms with E-state index in [0.29, 0.717) is 17.3 Å². The lowest BCUT2D eigenvalue weighted by molar-refractivity contribution is 0.0953. The summed E-state index contributed by atoms with van der Waals surface area (Å²) in [5.74, 6) is -0.0204. The van der Waals surface area contributed by atoms with E-state index < -0.39 is 0 Å². The zero-order chi connectivity index (χ0) is 12.7. The highest BCUT2D eigenvalue weighted by Crippen LogP contribution is 2.26. The summed E-state index contributed by atoms with van der Waals surface area (Å²) in [6, 6.07) is 9.23. The molecule has 1 aromatic carbocycles. The molecule has 4 nitrogen and oxygen atoms in total. The lowest BCUT2D eigenvalue weighted by Gasteiger charge is -2.31. The van der Waals surface area contributed by atoms with Gasteiger partial charge in [-0.05, 0) is 37.3 Å². The van der Waals surface area contributed by atoms with Gasteiger partial charge in [0.1, 0.15) is 5.69 Å². The van der Waals surface area contributed by atoms with E-state index in [9.17, 15) is 4.79 Å². The van der Waals surface area contributed by atoms with Gasteiger partial charge in [0.15, 0.2) is 0 Å². The third-order valence-electron chi connectivity index (χ3n) is 3.14. The van der Waals surface area contributed by atoms with Gasteiger partial charge in [-0.2, -0.15) is 5.10 Å². The van der Waals surface area contributed by atoms with E-state index in [1.54, 1.807) is 34.0 Å². The van der Waals surface area contributed by atoms with E-state index in [-0.39, 0.29) is 11.9 Å². The van der Waals surface area contributed by atoms with Crippen LogP contribution < -0.4 is 4.90 Å². The SMILES string of the molecule is C[C@H]1CN(c2ccc(Cl)cc2)C(=O)c2ccnn21. The van der Waals surface area contributed by atoms with Gasteiger partial charge in [0.05, 0.1) is 6.04 Å². The summed E-state index contributed by atoms with van der Waals surface area (Å²) in [5, 5.41) is 4.85. The van der Waals surface area contributed by atoms with E-state index in [1.807, 2.05) is 19.1 Å². The number of fused-ring (bicyclic) bond motifs is 1. The minimum atomic E-state index is -0.0204. The van der Waals surface area contributed by atoms with Gasteiger partial charge in [-0.25, -0.2) is 0 Å². The Hall–Kier alpha value is -1.81. The molecule has 0 spiro atoms. The second kappa shape index (κ2) is 4.14. The molecule has 2 heterocycles. The van der Waals surface area contributed by atoms with Crippen molar-refractivity contribution < 1.29 is 4.79 Å². The number of aromatic nitrogens is 2. The Balaban J connectivity index is 2.01. The second-order valence-corrected chi connectivity index (χ2v) is 4.84. The van der Waals surface area contributed by atoms with Crippen molar-refractivity contribution in [2.24, 2.45) is 0 Å². The van der Waals surface area contributed by atoms with Crippen molar-refractivity contribution in [3.63, 3.8) is 0 Å². The van der Waals surface area contributed by atoms with E-state index >= 15 is 0 Å². The normalized spacial score (nSPS) is 18.9. The number of carbonyl (C=O) groups excluding carboxylic acids is 1. The van der Waals surface area contributed by atoms with Gasteiger partial charge >= 0.3 is 0 Å². The van der Waals surface area contributed by atoms with Gasteiger partial charge in [0, 0.05) is 23.5 Å². The predicted molar refractivity (Wildman–Crippen MR) is 70.1 cm³/mol. The molecule has 1 amide bonds. The van der Waals surface area contributed by atoms with E-state index in [2.05, 4.69) is 5.10 Å². The van der Waals surface area contributed by atoms with Crippen molar-refractivity contribution in [2.75, 3.05) is 11.4 Å². The van der Waals surface area contributed by atoms with E-state index in [0.717, 1.165) is 5.69 Å². The van der Waals surface area contributed by atoms with Crippen LogP contribution in [0.15, 0.2) is 36.5 Å². The van der Waals surface area contributed by atoms with Gasteiger partial charge in [0.2, 0.25) is 0 Å². The first-order valence-electron chi connectivity index (χ1n) is 5.78. The summed E-state index contributed by atoms with van der Waals surface area (Å²) < 4.78 is 1.77. The Morgan fingerprint density at radius 2 is 2.00 bits per heavy atom. The Kier molecular flexibility index (Phi) is 2.59. The molecular weight excluding hydrogens is 250 g/mol. The average Bonchev–Trinajstić information content (AvgIpc) is 2.85. The maximum Gasteiger partial charge on any atom is 0.276 e. The summed E-state index contributed by atoms with van der Waals surface area (Å²) in [7, 11) is 0. The monoisotopic (exact) mass is 261 g/mol. The molecule has 0 unspecified atom stereocenters. The molecule has 5 heteroatoms. The Labute approximate surface area is 110 Å². The molecule has 0 aliphatic carbocycles. The fourth-order valence-electron chi connectivity index (χ4n) is 2.24. The van der Waals surface area contributed by atoms with Crippen LogP contribution in [0.1, 0.15) is 23.5 Å². The van der Waals surface area contributed by atoms with Crippen molar-refractivity contribution in [1.82, 2.24) is 9.78 Å². The number of amides is 1. The van der Waals surface area contributed by atoms with Crippen LogP contribution in [0.5, 0.6) is 0 Å². The Morgan fingerprint density at radius 3 is 2.72 bits per heavy atom. The number of benzene rings is 1. The van der Waals surface area contributed by atoms with Crippen LogP contribution in [-0.2, 0) is 0 Å². The largest absolute Gasteiger partial charge is 0.305 e. The number of halogens is 1. The minimum Gasteiger partial charge on any atom is -0.305 e. The fraction of sp³-hybridized carbons (Fsp3) is 0.231. The van der Waals surface area contributed by atoms with Crippen molar-refractivity contribution in [2.45, 2.75) is 13.0 Å². The standard InChI is InChI=1S/C13H12ClN3O/c1-9-8-16(11-4-2-10(14)3-5-11)13(18)12-6-7-15-17(9)12/h2-7,9H,8H2,1H3/t9-/m0/s1. The highest BCUT2D eigenvalue weighted by atomic mass is 35.5. The highest BCUT2D eigenvalue weighted by molar-refractivity contribution is 6.30. The molecular formula is C13H12ClN3O. The maximum absolute atomic E-state index is 12.3. The van der Waals surface area contributed by atoms with Crippen molar-refractivity contribution in [1.29, 1.82) is 0 Å². The zero-order valence-electron chi connectivity index (χ0n) is 9.88. The Bertz CT molecular complexity index is 591. The van der Waals surface area contributed by atoms with Crippen LogP contribution in [0.2, 0.25) is 5.02 Å². The molecule has 0 fully saturated rings. The average molecular weight is 262 g/mol. The fourth-order valence-corrected chi connectivity index (χ4v) is 2.37. The third kappa shape index (κ3) is 1.69. The lowest BCUT2D eigenvalue weighted by Crippen LogP contribution is -2.42. The predicted octanol–water partition coefficient (Wildman–Crippen LogP) is 2.76. The molecule has 0 N–H and O–H groups in total. The van der Waals surface area contributed by atoms with Gasteiger partial charge in [-0.3, -0.25) is 9.48 Å². The quantitative estimate of drug-likeness (QED) is 0.792. The molecule has 92 valence electrons. The van der Waals surface area contributed by atoms with E-state index in [1.165, 1.54) is 0 Å². The highest BCUT2D eigenvalue weighted by Gasteiger charge is 2.30. The topological polar surface area (TPSA) is 38.1 Å². The molecule has 0 saturated heterocycles. The van der Waals surface area contributed by atoms with Crippen molar-refractivity contribution in [3.05, 3.63) is 47.2 Å². The number of hydrogen-bond donors (Lipinski definition) is 0. The molecule has 1 aromatic heterocycles. The van der Waals surface area contributed by atoms with Gasteiger partial charge in [-0.15, -0.1) is 0 Å². The molecule has 2 aromatic rings. The van der Waals surface area contributed by atoms with Crippen LogP contribution in [0.3, 0.4) is 0 Å². The van der Waals surface area contributed by atoms with Gasteiger partial charge in [-0.1, -0.05) is 11.6 Å². The van der Waals surface area contributed by atoms with Gasteiger partial charge in [0.25, 0.3) is 5.91 Å². The first-order valence-corrected chi connectivity index (χ1v) is 6.15. The summed E-state index contributed by atoms with van der Waals surface area (Å²) in [4.78, 5) is 14.1. The molecule has 1 aliphatic rings. The van der Waals surface area contributed by atoms with Crippen molar-refractivity contribution in [3.8, 4) is 0 Å². The lowest BCUT2D eigenvalue weighted by atomic mass is 10.1. The van der Waals surface area contributed by atoms with Crippen LogP contribution >= 0.6 is 11.6 Å². The van der Waals surface area contributed by atoms with Crippen LogP contribution in [0.4, 0.5) is 5.69 Å². The zero-order valence-corrected chi connectivity index (χ0v) is 10.6. The number of hydrogen-bond acceptors (Lipinski definition) is 2. The molecule has 1 atom stereocenters. The van der Waals surface area contributed by atoms with Gasteiger partial charge < -0.3 is 4.90 Å². The molecule has 18 heavy (non-hydrogen) atoms. The molecule has 0 saturated carbocycles. The van der Waals surface area contributed by atoms with Crippen LogP contribution in [-0.4, -0.2) is 22.2 Å². The number of anilines is 1. The number of rotatable bonds is 1.